The zero-order valence-electron chi connectivity index (χ0n) is 13.3. The maximum atomic E-state index is 12.5. The van der Waals surface area contributed by atoms with Gasteiger partial charge in [0.05, 0.1) is 35.2 Å². The normalized spacial score (nSPS) is 10.8. The van der Waals surface area contributed by atoms with Crippen LogP contribution < -0.4 is 10.9 Å². The monoisotopic (exact) mass is 375 g/mol. The summed E-state index contributed by atoms with van der Waals surface area (Å²) in [5.74, 6) is -0.321. The molecule has 25 heavy (non-hydrogen) atoms. The van der Waals surface area contributed by atoms with Crippen LogP contribution >= 0.6 is 22.9 Å². The van der Waals surface area contributed by atoms with Gasteiger partial charge in [0.15, 0.2) is 5.78 Å². The largest absolute Gasteiger partial charge is 0.351 e. The van der Waals surface area contributed by atoms with Crippen molar-refractivity contribution in [3.8, 4) is 0 Å². The quantitative estimate of drug-likeness (QED) is 0.695. The lowest BCUT2D eigenvalue weighted by atomic mass is 10.2. The number of hydrogen-bond donors (Lipinski definition) is 1. The van der Waals surface area contributed by atoms with E-state index in [4.69, 9.17) is 11.6 Å². The molecule has 2 heterocycles. The van der Waals surface area contributed by atoms with Gasteiger partial charge in [-0.1, -0.05) is 11.6 Å². The van der Waals surface area contributed by atoms with Gasteiger partial charge in [0.2, 0.25) is 5.91 Å². The Bertz CT molecular complexity index is 1030. The van der Waals surface area contributed by atoms with Crippen molar-refractivity contribution in [3.63, 3.8) is 0 Å². The van der Waals surface area contributed by atoms with Gasteiger partial charge in [0.1, 0.15) is 0 Å². The van der Waals surface area contributed by atoms with Crippen molar-refractivity contribution >= 4 is 45.5 Å². The molecule has 0 atom stereocenters. The summed E-state index contributed by atoms with van der Waals surface area (Å²) in [6.07, 6.45) is 1.36. The number of benzene rings is 1. The first-order chi connectivity index (χ1) is 11.9. The van der Waals surface area contributed by atoms with Crippen LogP contribution in [0.1, 0.15) is 21.5 Å². The molecule has 3 aromatic rings. The Morgan fingerprint density at radius 1 is 1.28 bits per heavy atom. The summed E-state index contributed by atoms with van der Waals surface area (Å²) in [5, 5.41) is 3.50. The minimum atomic E-state index is -0.309. The molecule has 0 saturated heterocycles. The van der Waals surface area contributed by atoms with Crippen molar-refractivity contribution in [3.05, 3.63) is 61.8 Å². The molecule has 0 bridgehead atoms. The summed E-state index contributed by atoms with van der Waals surface area (Å²) in [5.41, 5.74) is 0.225. The van der Waals surface area contributed by atoms with E-state index in [1.165, 1.54) is 29.2 Å². The van der Waals surface area contributed by atoms with Crippen LogP contribution in [0.15, 0.2) is 41.5 Å². The number of thiophene rings is 1. The van der Waals surface area contributed by atoms with Crippen LogP contribution in [0.2, 0.25) is 5.02 Å². The van der Waals surface area contributed by atoms with Gasteiger partial charge in [-0.2, -0.15) is 0 Å². The average molecular weight is 376 g/mol. The lowest BCUT2D eigenvalue weighted by molar-refractivity contribution is -0.119. The second kappa shape index (κ2) is 7.16. The van der Waals surface area contributed by atoms with Crippen molar-refractivity contribution in [2.24, 2.45) is 0 Å². The predicted molar refractivity (Wildman–Crippen MR) is 97.2 cm³/mol. The van der Waals surface area contributed by atoms with Crippen molar-refractivity contribution < 1.29 is 9.59 Å². The molecular formula is C17H14ClN3O3S. The molecule has 0 fully saturated rings. The zero-order valence-corrected chi connectivity index (χ0v) is 14.9. The fourth-order valence-corrected chi connectivity index (χ4v) is 3.36. The van der Waals surface area contributed by atoms with Gasteiger partial charge in [0.25, 0.3) is 5.56 Å². The smallest absolute Gasteiger partial charge is 0.261 e. The Kier molecular flexibility index (Phi) is 4.96. The number of aromatic nitrogens is 2. The first-order valence-corrected chi connectivity index (χ1v) is 8.64. The first-order valence-electron chi connectivity index (χ1n) is 7.45. The third kappa shape index (κ3) is 3.94. The van der Waals surface area contributed by atoms with Crippen molar-refractivity contribution in [2.75, 3.05) is 0 Å². The molecule has 1 N–H and O–H groups in total. The molecule has 0 aliphatic heterocycles. The topological polar surface area (TPSA) is 81.1 Å². The van der Waals surface area contributed by atoms with Crippen LogP contribution in [0.5, 0.6) is 0 Å². The Labute approximate surface area is 152 Å². The van der Waals surface area contributed by atoms with Gasteiger partial charge in [-0.05, 0) is 30.3 Å². The summed E-state index contributed by atoms with van der Waals surface area (Å²) >= 11 is 7.22. The number of Topliss-reactive ketones (excluding diaryl/α,β-unsaturated/α-hetero) is 1. The van der Waals surface area contributed by atoms with Gasteiger partial charge in [0, 0.05) is 16.8 Å². The number of carbonyl (C=O) groups is 2. The Balaban J connectivity index is 1.81. The lowest BCUT2D eigenvalue weighted by Crippen LogP contribution is -2.24. The van der Waals surface area contributed by atoms with Crippen LogP contribution in [0.3, 0.4) is 0 Å². The number of rotatable bonds is 5. The van der Waals surface area contributed by atoms with Gasteiger partial charge >= 0.3 is 0 Å². The van der Waals surface area contributed by atoms with Crippen LogP contribution in [0, 0.1) is 0 Å². The number of nitrogens with one attached hydrogen (secondary N) is 1. The van der Waals surface area contributed by atoms with Crippen LogP contribution in [-0.4, -0.2) is 21.2 Å². The highest BCUT2D eigenvalue weighted by Crippen LogP contribution is 2.18. The van der Waals surface area contributed by atoms with E-state index >= 15 is 0 Å². The highest BCUT2D eigenvalue weighted by Gasteiger charge is 2.13. The molecule has 0 unspecified atom stereocenters. The van der Waals surface area contributed by atoms with E-state index in [1.54, 1.807) is 30.3 Å². The Morgan fingerprint density at radius 2 is 2.08 bits per heavy atom. The molecule has 0 saturated carbocycles. The van der Waals surface area contributed by atoms with Gasteiger partial charge in [-0.3, -0.25) is 19.0 Å². The summed E-state index contributed by atoms with van der Waals surface area (Å²) in [7, 11) is 0. The molecule has 0 aliphatic rings. The third-order valence-corrected chi connectivity index (χ3v) is 4.91. The van der Waals surface area contributed by atoms with Crippen LogP contribution in [-0.2, 0) is 17.9 Å². The van der Waals surface area contributed by atoms with E-state index in [2.05, 4.69) is 10.3 Å². The molecule has 3 rings (SSSR count). The van der Waals surface area contributed by atoms with E-state index in [1.807, 2.05) is 0 Å². The number of carbonyl (C=O) groups excluding carboxylic acids is 2. The minimum absolute atomic E-state index is 0.103. The molecule has 128 valence electrons. The van der Waals surface area contributed by atoms with Crippen LogP contribution in [0.25, 0.3) is 10.9 Å². The maximum Gasteiger partial charge on any atom is 0.261 e. The Morgan fingerprint density at radius 3 is 2.84 bits per heavy atom. The SMILES string of the molecule is CC(=O)NCc1ccc(C(=O)Cn2cnc3ccc(Cl)cc3c2=O)s1. The Hall–Kier alpha value is -2.51. The summed E-state index contributed by atoms with van der Waals surface area (Å²) < 4.78 is 1.27. The van der Waals surface area contributed by atoms with Gasteiger partial charge in [-0.25, -0.2) is 4.98 Å². The summed E-state index contributed by atoms with van der Waals surface area (Å²) in [6.45, 7) is 1.71. The second-order valence-corrected chi connectivity index (χ2v) is 7.04. The maximum absolute atomic E-state index is 12.5. The van der Waals surface area contributed by atoms with E-state index in [0.29, 0.717) is 27.3 Å². The molecule has 8 heteroatoms. The highest BCUT2D eigenvalue weighted by atomic mass is 35.5. The summed E-state index contributed by atoms with van der Waals surface area (Å²) in [4.78, 5) is 41.5. The van der Waals surface area contributed by atoms with E-state index < -0.39 is 0 Å². The first kappa shape index (κ1) is 17.3. The molecule has 1 amide bonds. The number of halogens is 1. The highest BCUT2D eigenvalue weighted by molar-refractivity contribution is 7.14. The van der Waals surface area contributed by atoms with E-state index in [0.717, 1.165) is 4.88 Å². The van der Waals surface area contributed by atoms with Gasteiger partial charge in [-0.15, -0.1) is 11.3 Å². The standard InChI is InChI=1S/C17H14ClN3O3S/c1-10(22)19-7-12-3-5-16(25-12)15(23)8-21-9-20-14-4-2-11(18)6-13(14)17(21)24/h2-6,9H,7-8H2,1H3,(H,19,22). The molecule has 0 aliphatic carbocycles. The lowest BCUT2D eigenvalue weighted by Gasteiger charge is -2.05. The number of hydrogen-bond acceptors (Lipinski definition) is 5. The molecular weight excluding hydrogens is 362 g/mol. The third-order valence-electron chi connectivity index (χ3n) is 3.55. The molecule has 0 radical (unpaired) electrons. The molecule has 1 aromatic carbocycles. The van der Waals surface area contributed by atoms with Crippen molar-refractivity contribution in [2.45, 2.75) is 20.0 Å². The zero-order chi connectivity index (χ0) is 18.0. The number of amides is 1. The minimum Gasteiger partial charge on any atom is -0.351 e. The van der Waals surface area contributed by atoms with Crippen LogP contribution in [0.4, 0.5) is 0 Å². The number of ketones is 1. The summed E-state index contributed by atoms with van der Waals surface area (Å²) in [6, 6.07) is 8.35. The molecule has 6 nitrogen and oxygen atoms in total. The van der Waals surface area contributed by atoms with Crippen molar-refractivity contribution in [1.82, 2.24) is 14.9 Å². The second-order valence-electron chi connectivity index (χ2n) is 5.44. The van der Waals surface area contributed by atoms with Crippen molar-refractivity contribution in [1.29, 1.82) is 0 Å². The molecule has 2 aromatic heterocycles. The molecule has 0 spiro atoms. The van der Waals surface area contributed by atoms with E-state index in [-0.39, 0.29) is 23.8 Å². The fraction of sp³-hybridized carbons (Fsp3) is 0.176. The predicted octanol–water partition coefficient (Wildman–Crippen LogP) is 2.63. The van der Waals surface area contributed by atoms with E-state index in [9.17, 15) is 14.4 Å². The number of fused-ring (bicyclic) bond motifs is 1. The fourth-order valence-electron chi connectivity index (χ4n) is 2.31. The van der Waals surface area contributed by atoms with Gasteiger partial charge < -0.3 is 5.32 Å². The number of nitrogens with zero attached hydrogens (tertiary/aromatic N) is 2. The average Bonchev–Trinajstić information content (AvgIpc) is 3.05.